The predicted octanol–water partition coefficient (Wildman–Crippen LogP) is 3.17. The van der Waals surface area contributed by atoms with E-state index in [1.54, 1.807) is 24.4 Å². The highest BCUT2D eigenvalue weighted by Gasteiger charge is 2.09. The molecule has 4 nitrogen and oxygen atoms in total. The summed E-state index contributed by atoms with van der Waals surface area (Å²) in [5.74, 6) is -0.312. The lowest BCUT2D eigenvalue weighted by atomic mass is 10.2. The van der Waals surface area contributed by atoms with E-state index >= 15 is 0 Å². The van der Waals surface area contributed by atoms with Crippen LogP contribution in [-0.2, 0) is 0 Å². The van der Waals surface area contributed by atoms with Gasteiger partial charge in [0, 0.05) is 12.4 Å². The number of hydrogen-bond acceptors (Lipinski definition) is 3. The Labute approximate surface area is 115 Å². The van der Waals surface area contributed by atoms with Crippen molar-refractivity contribution in [2.45, 2.75) is 6.92 Å². The molecule has 0 saturated carbocycles. The number of pyridine rings is 1. The third-order valence-electron chi connectivity index (χ3n) is 2.48. The van der Waals surface area contributed by atoms with E-state index in [1.165, 1.54) is 12.3 Å². The van der Waals surface area contributed by atoms with Gasteiger partial charge in [-0.05, 0) is 36.8 Å². The first-order valence-electron chi connectivity index (χ1n) is 5.53. The summed E-state index contributed by atoms with van der Waals surface area (Å²) in [6, 6.07) is 8.42. The highest BCUT2D eigenvalue weighted by atomic mass is 35.5. The number of nitriles is 1. The molecule has 2 rings (SSSR count). The molecule has 0 aliphatic carbocycles. The van der Waals surface area contributed by atoms with Gasteiger partial charge in [0.15, 0.2) is 0 Å². The first-order valence-corrected chi connectivity index (χ1v) is 5.90. The van der Waals surface area contributed by atoms with Crippen LogP contribution in [0.2, 0.25) is 5.02 Å². The SMILES string of the molecule is Cc1cncc(C(=O)Nc2cc(C#N)ccc2Cl)c1. The zero-order valence-corrected chi connectivity index (χ0v) is 10.9. The third-order valence-corrected chi connectivity index (χ3v) is 2.81. The minimum atomic E-state index is -0.312. The number of carbonyl (C=O) groups excluding carboxylic acids is 1. The number of aromatic nitrogens is 1. The van der Waals surface area contributed by atoms with Crippen LogP contribution in [0.3, 0.4) is 0 Å². The first kappa shape index (κ1) is 13.1. The Hall–Kier alpha value is -2.38. The summed E-state index contributed by atoms with van der Waals surface area (Å²) in [7, 11) is 0. The summed E-state index contributed by atoms with van der Waals surface area (Å²) in [5, 5.41) is 11.9. The summed E-state index contributed by atoms with van der Waals surface area (Å²) in [6.07, 6.45) is 3.14. The lowest BCUT2D eigenvalue weighted by molar-refractivity contribution is 0.102. The monoisotopic (exact) mass is 271 g/mol. The number of carbonyl (C=O) groups is 1. The minimum Gasteiger partial charge on any atom is -0.321 e. The molecular formula is C14H10ClN3O. The summed E-state index contributed by atoms with van der Waals surface area (Å²) in [6.45, 7) is 1.85. The van der Waals surface area contributed by atoms with Crippen LogP contribution in [0.4, 0.5) is 5.69 Å². The van der Waals surface area contributed by atoms with E-state index in [9.17, 15) is 4.79 Å². The average Bonchev–Trinajstić information content (AvgIpc) is 2.41. The Morgan fingerprint density at radius 3 is 2.84 bits per heavy atom. The number of aryl methyl sites for hydroxylation is 1. The van der Waals surface area contributed by atoms with Crippen molar-refractivity contribution in [3.05, 3.63) is 58.4 Å². The summed E-state index contributed by atoms with van der Waals surface area (Å²) < 4.78 is 0. The Bertz CT molecular complexity index is 677. The van der Waals surface area contributed by atoms with Gasteiger partial charge in [0.05, 0.1) is 27.9 Å². The Kier molecular flexibility index (Phi) is 3.79. The molecule has 1 aromatic heterocycles. The van der Waals surface area contributed by atoms with Gasteiger partial charge in [-0.1, -0.05) is 11.6 Å². The fourth-order valence-corrected chi connectivity index (χ4v) is 1.73. The number of nitrogens with one attached hydrogen (secondary N) is 1. The molecule has 1 amide bonds. The number of halogens is 1. The van der Waals surface area contributed by atoms with Gasteiger partial charge in [-0.15, -0.1) is 0 Å². The molecule has 0 atom stereocenters. The van der Waals surface area contributed by atoms with Gasteiger partial charge in [-0.2, -0.15) is 5.26 Å². The van der Waals surface area contributed by atoms with Crippen molar-refractivity contribution in [2.24, 2.45) is 0 Å². The first-order chi connectivity index (χ1) is 9.10. The molecule has 1 N–H and O–H groups in total. The van der Waals surface area contributed by atoms with Gasteiger partial charge < -0.3 is 5.32 Å². The minimum absolute atomic E-state index is 0.312. The Morgan fingerprint density at radius 1 is 1.37 bits per heavy atom. The fourth-order valence-electron chi connectivity index (χ4n) is 1.56. The van der Waals surface area contributed by atoms with Crippen molar-refractivity contribution >= 4 is 23.2 Å². The van der Waals surface area contributed by atoms with Crippen LogP contribution in [0, 0.1) is 18.3 Å². The van der Waals surface area contributed by atoms with E-state index < -0.39 is 0 Å². The maximum absolute atomic E-state index is 12.0. The van der Waals surface area contributed by atoms with Crippen LogP contribution in [0.5, 0.6) is 0 Å². The van der Waals surface area contributed by atoms with Crippen molar-refractivity contribution in [2.75, 3.05) is 5.32 Å². The average molecular weight is 272 g/mol. The van der Waals surface area contributed by atoms with Crippen LogP contribution in [0.1, 0.15) is 21.5 Å². The quantitative estimate of drug-likeness (QED) is 0.912. The Morgan fingerprint density at radius 2 is 2.16 bits per heavy atom. The normalized spacial score (nSPS) is 9.74. The van der Waals surface area contributed by atoms with Crippen molar-refractivity contribution in [1.82, 2.24) is 4.98 Å². The molecule has 0 bridgehead atoms. The molecule has 1 aromatic carbocycles. The molecule has 2 aromatic rings. The molecule has 19 heavy (non-hydrogen) atoms. The standard InChI is InChI=1S/C14H10ClN3O/c1-9-4-11(8-17-7-9)14(19)18-13-5-10(6-16)2-3-12(13)15/h2-5,7-8H,1H3,(H,18,19). The molecular weight excluding hydrogens is 262 g/mol. The summed E-state index contributed by atoms with van der Waals surface area (Å²) in [5.41, 5.74) is 2.18. The molecule has 5 heteroatoms. The number of hydrogen-bond donors (Lipinski definition) is 1. The van der Waals surface area contributed by atoms with Crippen LogP contribution in [-0.4, -0.2) is 10.9 Å². The predicted molar refractivity (Wildman–Crippen MR) is 73.1 cm³/mol. The lowest BCUT2D eigenvalue weighted by Gasteiger charge is -2.07. The van der Waals surface area contributed by atoms with E-state index in [-0.39, 0.29) is 5.91 Å². The number of benzene rings is 1. The number of anilines is 1. The van der Waals surface area contributed by atoms with E-state index in [4.69, 9.17) is 16.9 Å². The van der Waals surface area contributed by atoms with E-state index in [2.05, 4.69) is 10.3 Å². The number of amides is 1. The summed E-state index contributed by atoms with van der Waals surface area (Å²) >= 11 is 5.98. The molecule has 0 aliphatic rings. The van der Waals surface area contributed by atoms with E-state index in [1.807, 2.05) is 13.0 Å². The van der Waals surface area contributed by atoms with Crippen LogP contribution < -0.4 is 5.32 Å². The smallest absolute Gasteiger partial charge is 0.257 e. The third kappa shape index (κ3) is 3.09. The van der Waals surface area contributed by atoms with Crippen molar-refractivity contribution in [3.8, 4) is 6.07 Å². The molecule has 0 radical (unpaired) electrons. The van der Waals surface area contributed by atoms with E-state index in [0.717, 1.165) is 5.56 Å². The fraction of sp³-hybridized carbons (Fsp3) is 0.0714. The molecule has 1 heterocycles. The molecule has 0 unspecified atom stereocenters. The molecule has 94 valence electrons. The van der Waals surface area contributed by atoms with Crippen molar-refractivity contribution < 1.29 is 4.79 Å². The van der Waals surface area contributed by atoms with Gasteiger partial charge in [-0.25, -0.2) is 0 Å². The lowest BCUT2D eigenvalue weighted by Crippen LogP contribution is -2.12. The van der Waals surface area contributed by atoms with Crippen LogP contribution >= 0.6 is 11.6 Å². The van der Waals surface area contributed by atoms with Gasteiger partial charge in [-0.3, -0.25) is 9.78 Å². The van der Waals surface area contributed by atoms with Crippen molar-refractivity contribution in [3.63, 3.8) is 0 Å². The molecule has 0 aliphatic heterocycles. The highest BCUT2D eigenvalue weighted by Crippen LogP contribution is 2.23. The largest absolute Gasteiger partial charge is 0.321 e. The second kappa shape index (κ2) is 5.51. The number of rotatable bonds is 2. The highest BCUT2D eigenvalue weighted by molar-refractivity contribution is 6.34. The zero-order valence-electron chi connectivity index (χ0n) is 10.1. The van der Waals surface area contributed by atoms with Crippen LogP contribution in [0.15, 0.2) is 36.7 Å². The van der Waals surface area contributed by atoms with Gasteiger partial charge in [0.1, 0.15) is 0 Å². The van der Waals surface area contributed by atoms with Crippen molar-refractivity contribution in [1.29, 1.82) is 5.26 Å². The second-order valence-electron chi connectivity index (χ2n) is 4.01. The number of nitrogens with zero attached hydrogens (tertiary/aromatic N) is 2. The molecule has 0 saturated heterocycles. The van der Waals surface area contributed by atoms with E-state index in [0.29, 0.717) is 21.8 Å². The molecule has 0 spiro atoms. The van der Waals surface area contributed by atoms with Crippen LogP contribution in [0.25, 0.3) is 0 Å². The van der Waals surface area contributed by atoms with Gasteiger partial charge >= 0.3 is 0 Å². The topological polar surface area (TPSA) is 65.8 Å². The Balaban J connectivity index is 2.27. The van der Waals surface area contributed by atoms with Gasteiger partial charge in [0.2, 0.25) is 0 Å². The maximum Gasteiger partial charge on any atom is 0.257 e. The van der Waals surface area contributed by atoms with Gasteiger partial charge in [0.25, 0.3) is 5.91 Å². The zero-order chi connectivity index (χ0) is 13.8. The molecule has 0 fully saturated rings. The summed E-state index contributed by atoms with van der Waals surface area (Å²) in [4.78, 5) is 16.0. The second-order valence-corrected chi connectivity index (χ2v) is 4.42. The maximum atomic E-state index is 12.0.